The van der Waals surface area contributed by atoms with Gasteiger partial charge < -0.3 is 25.3 Å². The lowest BCUT2D eigenvalue weighted by atomic mass is 10.1. The highest BCUT2D eigenvalue weighted by molar-refractivity contribution is 7.19. The topological polar surface area (TPSA) is 125 Å². The second-order valence-corrected chi connectivity index (χ2v) is 6.46. The van der Waals surface area contributed by atoms with Gasteiger partial charge in [0.05, 0.1) is 23.0 Å². The van der Waals surface area contributed by atoms with E-state index in [2.05, 4.69) is 10.6 Å². The van der Waals surface area contributed by atoms with Gasteiger partial charge in [-0.25, -0.2) is 4.79 Å². The normalized spacial score (nSPS) is 10.5. The summed E-state index contributed by atoms with van der Waals surface area (Å²) in [4.78, 5) is 47.5. The number of rotatable bonds is 7. The van der Waals surface area contributed by atoms with Gasteiger partial charge in [0, 0.05) is 11.8 Å². The van der Waals surface area contributed by atoms with Crippen LogP contribution in [0.3, 0.4) is 0 Å². The smallest absolute Gasteiger partial charge is 0.341 e. The number of esters is 1. The molecule has 2 N–H and O–H groups in total. The second-order valence-electron chi connectivity index (χ2n) is 5.44. The lowest BCUT2D eigenvalue weighted by Gasteiger charge is -2.06. The first-order valence-electron chi connectivity index (χ1n) is 8.20. The highest BCUT2D eigenvalue weighted by Crippen LogP contribution is 2.34. The van der Waals surface area contributed by atoms with Gasteiger partial charge in [-0.3, -0.25) is 9.59 Å². The van der Waals surface area contributed by atoms with Gasteiger partial charge in [-0.15, -0.1) is 11.3 Å². The molecule has 2 amide bonds. The molecule has 28 heavy (non-hydrogen) atoms. The molecule has 0 atom stereocenters. The van der Waals surface area contributed by atoms with E-state index in [0.717, 1.165) is 17.4 Å². The maximum absolute atomic E-state index is 12.6. The third kappa shape index (κ3) is 5.27. The van der Waals surface area contributed by atoms with Gasteiger partial charge in [0.25, 0.3) is 5.91 Å². The van der Waals surface area contributed by atoms with E-state index in [1.54, 1.807) is 44.2 Å². The Hall–Kier alpha value is -3.46. The third-order valence-electron chi connectivity index (χ3n) is 3.47. The van der Waals surface area contributed by atoms with Crippen LogP contribution in [0.5, 0.6) is 0 Å². The van der Waals surface area contributed by atoms with Gasteiger partial charge in [0.1, 0.15) is 5.00 Å². The van der Waals surface area contributed by atoms with Crippen molar-refractivity contribution in [2.45, 2.75) is 13.8 Å². The molecule has 1 aromatic carbocycles. The van der Waals surface area contributed by atoms with Crippen molar-refractivity contribution in [3.8, 4) is 0 Å². The molecule has 0 aliphatic carbocycles. The van der Waals surface area contributed by atoms with Crippen LogP contribution in [0.4, 0.5) is 10.7 Å². The summed E-state index contributed by atoms with van der Waals surface area (Å²) >= 11 is 0.888. The van der Waals surface area contributed by atoms with Gasteiger partial charge in [0.15, 0.2) is 0 Å². The zero-order valence-electron chi connectivity index (χ0n) is 15.1. The maximum Gasteiger partial charge on any atom is 0.341 e. The predicted octanol–water partition coefficient (Wildman–Crippen LogP) is 1.73. The average molecular weight is 401 g/mol. The molecule has 2 aromatic rings. The van der Waals surface area contributed by atoms with Crippen molar-refractivity contribution in [3.63, 3.8) is 0 Å². The summed E-state index contributed by atoms with van der Waals surface area (Å²) in [6.07, 6.45) is 1.31. The number of carboxylic acids is 1. The lowest BCUT2D eigenvalue weighted by Crippen LogP contribution is -2.20. The van der Waals surface area contributed by atoms with Gasteiger partial charge in [-0.05, 0) is 37.6 Å². The van der Waals surface area contributed by atoms with Crippen molar-refractivity contribution >= 4 is 45.8 Å². The molecule has 1 aromatic heterocycles. The van der Waals surface area contributed by atoms with E-state index in [1.807, 2.05) is 0 Å². The summed E-state index contributed by atoms with van der Waals surface area (Å²) in [5.41, 5.74) is 0.955. The molecule has 0 aliphatic rings. The van der Waals surface area contributed by atoms with Gasteiger partial charge >= 0.3 is 5.97 Å². The molecule has 8 nitrogen and oxygen atoms in total. The van der Waals surface area contributed by atoms with Crippen LogP contribution < -0.4 is 15.7 Å². The Morgan fingerprint density at radius 2 is 1.79 bits per heavy atom. The first kappa shape index (κ1) is 20.8. The molecule has 0 unspecified atom stereocenters. The maximum atomic E-state index is 12.6. The van der Waals surface area contributed by atoms with E-state index in [9.17, 15) is 24.3 Å². The number of amides is 2. The van der Waals surface area contributed by atoms with Gasteiger partial charge in [-0.1, -0.05) is 18.2 Å². The highest BCUT2D eigenvalue weighted by Gasteiger charge is 2.26. The number of carboxylic acid groups (broad SMARTS) is 1. The minimum absolute atomic E-state index is 0.0419. The minimum atomic E-state index is -1.54. The Bertz CT molecular complexity index is 933. The summed E-state index contributed by atoms with van der Waals surface area (Å²) in [5.74, 6) is -3.48. The fourth-order valence-electron chi connectivity index (χ4n) is 2.27. The Balaban J connectivity index is 2.36. The number of para-hydroxylation sites is 1. The van der Waals surface area contributed by atoms with Gasteiger partial charge in [-0.2, -0.15) is 0 Å². The van der Waals surface area contributed by atoms with Crippen LogP contribution in [0.15, 0.2) is 42.5 Å². The van der Waals surface area contributed by atoms with Crippen LogP contribution in [0.1, 0.15) is 32.5 Å². The molecule has 9 heteroatoms. The van der Waals surface area contributed by atoms with E-state index < -0.39 is 23.8 Å². The number of carbonyl (C=O) groups excluding carboxylic acids is 4. The predicted molar refractivity (Wildman–Crippen MR) is 102 cm³/mol. The van der Waals surface area contributed by atoms with E-state index in [0.29, 0.717) is 17.3 Å². The molecule has 0 saturated carbocycles. The van der Waals surface area contributed by atoms with Crippen LogP contribution in [0.25, 0.3) is 0 Å². The summed E-state index contributed by atoms with van der Waals surface area (Å²) in [7, 11) is 0. The van der Waals surface area contributed by atoms with Crippen molar-refractivity contribution < 1.29 is 29.0 Å². The lowest BCUT2D eigenvalue weighted by molar-refractivity contribution is -0.297. The van der Waals surface area contributed by atoms with Crippen molar-refractivity contribution in [3.05, 3.63) is 58.5 Å². The number of benzene rings is 1. The summed E-state index contributed by atoms with van der Waals surface area (Å²) in [5, 5.41) is 15.6. The number of ether oxygens (including phenoxy) is 1. The van der Waals surface area contributed by atoms with E-state index in [4.69, 9.17) is 4.74 Å². The molecule has 2 rings (SSSR count). The van der Waals surface area contributed by atoms with Crippen LogP contribution in [-0.4, -0.2) is 30.4 Å². The number of hydrogen-bond donors (Lipinski definition) is 2. The van der Waals surface area contributed by atoms with Crippen molar-refractivity contribution in [2.24, 2.45) is 0 Å². The summed E-state index contributed by atoms with van der Waals surface area (Å²) < 4.78 is 5.00. The Labute approximate surface area is 164 Å². The Kier molecular flexibility index (Phi) is 7.05. The molecule has 0 aliphatic heterocycles. The number of anilines is 2. The Morgan fingerprint density at radius 1 is 1.11 bits per heavy atom. The standard InChI is InChI=1S/C19H18N2O6S/c1-3-27-19(26)15-11(2)16(17(25)20-12-7-5-4-6-8-12)28-18(15)21-13(22)9-10-14(23)24/h4-10H,3H2,1-2H3,(H,20,25)(H,21,22)(H,23,24)/p-1/b10-9+. The molecule has 146 valence electrons. The van der Waals surface area contributed by atoms with Crippen LogP contribution in [0.2, 0.25) is 0 Å². The number of carbonyl (C=O) groups is 4. The summed E-state index contributed by atoms with van der Waals surface area (Å²) in [6.45, 7) is 3.30. The average Bonchev–Trinajstić information content (AvgIpc) is 2.97. The number of hydrogen-bond acceptors (Lipinski definition) is 7. The largest absolute Gasteiger partial charge is 0.545 e. The minimum Gasteiger partial charge on any atom is -0.545 e. The molecular weight excluding hydrogens is 384 g/mol. The zero-order chi connectivity index (χ0) is 20.7. The molecule has 0 fully saturated rings. The monoisotopic (exact) mass is 401 g/mol. The first-order valence-corrected chi connectivity index (χ1v) is 9.02. The fraction of sp³-hybridized carbons (Fsp3) is 0.158. The number of aliphatic carboxylic acids is 1. The van der Waals surface area contributed by atoms with Crippen molar-refractivity contribution in [2.75, 3.05) is 17.2 Å². The van der Waals surface area contributed by atoms with Crippen molar-refractivity contribution in [1.82, 2.24) is 0 Å². The highest BCUT2D eigenvalue weighted by atomic mass is 32.1. The van der Waals surface area contributed by atoms with Crippen LogP contribution >= 0.6 is 11.3 Å². The second kappa shape index (κ2) is 9.47. The first-order chi connectivity index (χ1) is 13.3. The number of nitrogens with one attached hydrogen (secondary N) is 2. The van der Waals surface area contributed by atoms with Gasteiger partial charge in [0.2, 0.25) is 5.91 Å². The van der Waals surface area contributed by atoms with Crippen LogP contribution in [-0.2, 0) is 14.3 Å². The molecule has 0 radical (unpaired) electrons. The quantitative estimate of drug-likeness (QED) is 0.538. The van der Waals surface area contributed by atoms with E-state index in [1.165, 1.54) is 0 Å². The molecular formula is C19H17N2O6S-. The zero-order valence-corrected chi connectivity index (χ0v) is 15.9. The Morgan fingerprint density at radius 3 is 2.39 bits per heavy atom. The van der Waals surface area contributed by atoms with E-state index in [-0.39, 0.29) is 22.0 Å². The molecule has 0 spiro atoms. The van der Waals surface area contributed by atoms with Crippen LogP contribution in [0, 0.1) is 6.92 Å². The molecule has 0 bridgehead atoms. The fourth-order valence-corrected chi connectivity index (χ4v) is 3.37. The summed E-state index contributed by atoms with van der Waals surface area (Å²) in [6, 6.07) is 8.74. The SMILES string of the molecule is CCOC(=O)c1c(NC(=O)/C=C/C(=O)[O-])sc(C(=O)Nc2ccccc2)c1C. The third-order valence-corrected chi connectivity index (χ3v) is 4.68. The molecule has 0 saturated heterocycles. The van der Waals surface area contributed by atoms with Crippen molar-refractivity contribution in [1.29, 1.82) is 0 Å². The molecule has 1 heterocycles. The van der Waals surface area contributed by atoms with E-state index >= 15 is 0 Å². The number of thiophene rings is 1.